The third kappa shape index (κ3) is 2.99. The van der Waals surface area contributed by atoms with E-state index in [1.165, 1.54) is 0 Å². The zero-order chi connectivity index (χ0) is 9.61. The molecule has 0 heterocycles. The van der Waals surface area contributed by atoms with Gasteiger partial charge in [0.2, 0.25) is 0 Å². The van der Waals surface area contributed by atoms with Crippen molar-refractivity contribution in [2.24, 2.45) is 11.7 Å². The molecule has 12 heavy (non-hydrogen) atoms. The van der Waals surface area contributed by atoms with E-state index >= 15 is 0 Å². The SMILES string of the molecule is BC(CC)(OCC=C)C(C)CN. The van der Waals surface area contributed by atoms with Gasteiger partial charge in [-0.3, -0.25) is 0 Å². The molecule has 0 rings (SSSR count). The van der Waals surface area contributed by atoms with Crippen LogP contribution in [0.5, 0.6) is 0 Å². The zero-order valence-corrected chi connectivity index (χ0v) is 8.47. The summed E-state index contributed by atoms with van der Waals surface area (Å²) in [7, 11) is 2.11. The quantitative estimate of drug-likeness (QED) is 0.464. The van der Waals surface area contributed by atoms with Crippen molar-refractivity contribution in [1.82, 2.24) is 0 Å². The molecule has 0 aromatic carbocycles. The molecule has 2 unspecified atom stereocenters. The van der Waals surface area contributed by atoms with Crippen molar-refractivity contribution in [1.29, 1.82) is 0 Å². The molecule has 70 valence electrons. The first-order chi connectivity index (χ1) is 5.60. The van der Waals surface area contributed by atoms with Crippen molar-refractivity contribution in [2.75, 3.05) is 13.2 Å². The highest BCUT2D eigenvalue weighted by molar-refractivity contribution is 6.14. The van der Waals surface area contributed by atoms with Crippen LogP contribution in [0.25, 0.3) is 0 Å². The minimum absolute atomic E-state index is 0.0943. The molecular formula is C9H20BNO. The Morgan fingerprint density at radius 2 is 2.33 bits per heavy atom. The average molecular weight is 169 g/mol. The molecule has 0 saturated heterocycles. The van der Waals surface area contributed by atoms with Gasteiger partial charge in [-0.05, 0) is 18.9 Å². The lowest BCUT2D eigenvalue weighted by atomic mass is 9.70. The molecule has 0 saturated carbocycles. The molecule has 2 nitrogen and oxygen atoms in total. The Morgan fingerprint density at radius 3 is 2.67 bits per heavy atom. The van der Waals surface area contributed by atoms with Gasteiger partial charge in [-0.25, -0.2) is 0 Å². The molecule has 0 amide bonds. The second kappa shape index (κ2) is 5.38. The minimum atomic E-state index is -0.0943. The van der Waals surface area contributed by atoms with Crippen molar-refractivity contribution >= 4 is 7.85 Å². The van der Waals surface area contributed by atoms with Crippen molar-refractivity contribution in [3.63, 3.8) is 0 Å². The van der Waals surface area contributed by atoms with E-state index in [4.69, 9.17) is 10.5 Å². The Labute approximate surface area is 76.6 Å². The molecule has 0 spiro atoms. The number of hydrogen-bond donors (Lipinski definition) is 1. The highest BCUT2D eigenvalue weighted by Gasteiger charge is 2.28. The zero-order valence-electron chi connectivity index (χ0n) is 8.47. The van der Waals surface area contributed by atoms with Crippen LogP contribution < -0.4 is 5.73 Å². The maximum Gasteiger partial charge on any atom is 0.143 e. The third-order valence-corrected chi connectivity index (χ3v) is 2.63. The molecular weight excluding hydrogens is 149 g/mol. The second-order valence-corrected chi connectivity index (χ2v) is 3.40. The molecule has 0 aromatic heterocycles. The van der Waals surface area contributed by atoms with Crippen molar-refractivity contribution in [2.45, 2.75) is 25.8 Å². The number of rotatable bonds is 6. The molecule has 0 bridgehead atoms. The summed E-state index contributed by atoms with van der Waals surface area (Å²) in [4.78, 5) is 0. The molecule has 0 aliphatic rings. The summed E-state index contributed by atoms with van der Waals surface area (Å²) in [6.07, 6.45) is 2.76. The smallest absolute Gasteiger partial charge is 0.143 e. The van der Waals surface area contributed by atoms with Gasteiger partial charge in [0.1, 0.15) is 7.85 Å². The van der Waals surface area contributed by atoms with Crippen LogP contribution in [0.2, 0.25) is 0 Å². The van der Waals surface area contributed by atoms with E-state index in [9.17, 15) is 0 Å². The fourth-order valence-electron chi connectivity index (χ4n) is 1.09. The standard InChI is InChI=1S/C9H20BNO/c1-4-6-12-9(10,5-2)8(3)7-11/h4,8H,1,5-7,10-11H2,2-3H3. The van der Waals surface area contributed by atoms with Crippen LogP contribution in [0.3, 0.4) is 0 Å². The van der Waals surface area contributed by atoms with Crippen molar-refractivity contribution < 1.29 is 4.74 Å². The molecule has 0 radical (unpaired) electrons. The van der Waals surface area contributed by atoms with E-state index in [-0.39, 0.29) is 5.50 Å². The predicted octanol–water partition coefficient (Wildman–Crippen LogP) is 0.523. The highest BCUT2D eigenvalue weighted by Crippen LogP contribution is 2.21. The lowest BCUT2D eigenvalue weighted by Gasteiger charge is -2.34. The summed E-state index contributed by atoms with van der Waals surface area (Å²) in [5.74, 6) is 0.391. The third-order valence-electron chi connectivity index (χ3n) is 2.63. The lowest BCUT2D eigenvalue weighted by molar-refractivity contribution is -0.00311. The van der Waals surface area contributed by atoms with Crippen LogP contribution in [0.4, 0.5) is 0 Å². The van der Waals surface area contributed by atoms with Gasteiger partial charge in [-0.15, -0.1) is 6.58 Å². The van der Waals surface area contributed by atoms with Crippen LogP contribution in [-0.2, 0) is 4.74 Å². The summed E-state index contributed by atoms with van der Waals surface area (Å²) >= 11 is 0. The molecule has 0 aromatic rings. The second-order valence-electron chi connectivity index (χ2n) is 3.40. The summed E-state index contributed by atoms with van der Waals surface area (Å²) in [5.41, 5.74) is 5.51. The van der Waals surface area contributed by atoms with E-state index in [0.29, 0.717) is 19.1 Å². The number of hydrogen-bond acceptors (Lipinski definition) is 2. The molecule has 2 N–H and O–H groups in total. The Kier molecular flexibility index (Phi) is 5.26. The first kappa shape index (κ1) is 11.7. The monoisotopic (exact) mass is 169 g/mol. The van der Waals surface area contributed by atoms with Gasteiger partial charge in [-0.2, -0.15) is 0 Å². The van der Waals surface area contributed by atoms with E-state index in [2.05, 4.69) is 28.3 Å². The van der Waals surface area contributed by atoms with Gasteiger partial charge >= 0.3 is 0 Å². The highest BCUT2D eigenvalue weighted by atomic mass is 16.5. The Bertz CT molecular complexity index is 140. The fourth-order valence-corrected chi connectivity index (χ4v) is 1.09. The maximum absolute atomic E-state index is 5.68. The Morgan fingerprint density at radius 1 is 1.75 bits per heavy atom. The van der Waals surface area contributed by atoms with Crippen molar-refractivity contribution in [3.05, 3.63) is 12.7 Å². The largest absolute Gasteiger partial charge is 0.380 e. The summed E-state index contributed by atoms with van der Waals surface area (Å²) in [5, 5.41) is 0. The van der Waals surface area contributed by atoms with E-state index in [1.807, 2.05) is 0 Å². The molecule has 3 heteroatoms. The van der Waals surface area contributed by atoms with Gasteiger partial charge < -0.3 is 10.5 Å². The minimum Gasteiger partial charge on any atom is -0.380 e. The lowest BCUT2D eigenvalue weighted by Crippen LogP contribution is -2.43. The van der Waals surface area contributed by atoms with E-state index in [0.717, 1.165) is 6.42 Å². The Balaban J connectivity index is 4.11. The first-order valence-electron chi connectivity index (χ1n) is 4.55. The first-order valence-corrected chi connectivity index (χ1v) is 4.55. The number of ether oxygens (including phenoxy) is 1. The van der Waals surface area contributed by atoms with E-state index in [1.54, 1.807) is 6.08 Å². The summed E-state index contributed by atoms with van der Waals surface area (Å²) < 4.78 is 5.68. The molecule has 0 fully saturated rings. The van der Waals surface area contributed by atoms with Crippen LogP contribution in [-0.4, -0.2) is 26.5 Å². The molecule has 0 aliphatic heterocycles. The van der Waals surface area contributed by atoms with Gasteiger partial charge in [-0.1, -0.05) is 19.9 Å². The summed E-state index contributed by atoms with van der Waals surface area (Å²) in [6, 6.07) is 0. The van der Waals surface area contributed by atoms with Crippen LogP contribution in [0.15, 0.2) is 12.7 Å². The van der Waals surface area contributed by atoms with Gasteiger partial charge in [0, 0.05) is 5.50 Å². The average Bonchev–Trinajstić information content (AvgIpc) is 2.12. The van der Waals surface area contributed by atoms with Crippen LogP contribution in [0, 0.1) is 5.92 Å². The van der Waals surface area contributed by atoms with Gasteiger partial charge in [0.05, 0.1) is 6.61 Å². The maximum atomic E-state index is 5.68. The topological polar surface area (TPSA) is 35.2 Å². The van der Waals surface area contributed by atoms with E-state index < -0.39 is 0 Å². The normalized spacial score (nSPS) is 18.2. The molecule has 0 aliphatic carbocycles. The van der Waals surface area contributed by atoms with Crippen LogP contribution >= 0.6 is 0 Å². The van der Waals surface area contributed by atoms with Crippen LogP contribution in [0.1, 0.15) is 20.3 Å². The van der Waals surface area contributed by atoms with Gasteiger partial charge in [0.25, 0.3) is 0 Å². The predicted molar refractivity (Wildman–Crippen MR) is 55.9 cm³/mol. The number of nitrogens with two attached hydrogens (primary N) is 1. The summed E-state index contributed by atoms with van der Waals surface area (Å²) in [6.45, 7) is 9.14. The Hall–Kier alpha value is -0.275. The molecule has 2 atom stereocenters. The van der Waals surface area contributed by atoms with Crippen molar-refractivity contribution in [3.8, 4) is 0 Å². The fraction of sp³-hybridized carbons (Fsp3) is 0.778. The van der Waals surface area contributed by atoms with Gasteiger partial charge in [0.15, 0.2) is 0 Å².